The second-order valence-electron chi connectivity index (χ2n) is 13.2. The van der Waals surface area contributed by atoms with Crippen molar-refractivity contribution in [2.75, 3.05) is 19.6 Å². The molecule has 0 spiro atoms. The first-order chi connectivity index (χ1) is 23.6. The first kappa shape index (κ1) is 38.5. The van der Waals surface area contributed by atoms with E-state index < -0.39 is 17.7 Å². The topological polar surface area (TPSA) is 139 Å². The van der Waals surface area contributed by atoms with Crippen molar-refractivity contribution in [1.82, 2.24) is 19.9 Å². The van der Waals surface area contributed by atoms with E-state index in [1.807, 2.05) is 30.3 Å². The van der Waals surface area contributed by atoms with Gasteiger partial charge in [-0.2, -0.15) is 5.06 Å². The molecule has 11 heteroatoms. The average Bonchev–Trinajstić information content (AvgIpc) is 3.56. The van der Waals surface area contributed by atoms with Crippen molar-refractivity contribution in [3.63, 3.8) is 0 Å². The molecule has 2 aliphatic rings. The van der Waals surface area contributed by atoms with Crippen molar-refractivity contribution in [1.29, 1.82) is 0 Å². The van der Waals surface area contributed by atoms with E-state index in [-0.39, 0.29) is 5.56 Å². The van der Waals surface area contributed by atoms with Gasteiger partial charge in [0.1, 0.15) is 0 Å². The molecule has 2 aromatic carbocycles. The highest BCUT2D eigenvalue weighted by molar-refractivity contribution is 7.71. The maximum absolute atomic E-state index is 11.6. The van der Waals surface area contributed by atoms with Gasteiger partial charge in [-0.25, -0.2) is 4.79 Å². The van der Waals surface area contributed by atoms with Gasteiger partial charge in [-0.15, -0.1) is 11.3 Å². The number of aromatic amines is 2. The Morgan fingerprint density at radius 3 is 2.31 bits per heavy atom. The van der Waals surface area contributed by atoms with Crippen LogP contribution in [0.5, 0.6) is 0 Å². The number of aryl methyl sites for hydroxylation is 1. The molecule has 1 aliphatic heterocycles. The number of hydrogen-bond acceptors (Lipinski definition) is 7. The Morgan fingerprint density at radius 1 is 1.02 bits per heavy atom. The molecule has 49 heavy (non-hydrogen) atoms. The molecule has 3 heterocycles. The third-order valence-electron chi connectivity index (χ3n) is 9.60. The largest absolute Gasteiger partial charge is 0.385 e. The van der Waals surface area contributed by atoms with Crippen molar-refractivity contribution in [2.45, 2.75) is 96.1 Å². The monoisotopic (exact) mass is 707 g/mol. The third kappa shape index (κ3) is 11.3. The minimum atomic E-state index is -0.843. The number of hydrogen-bond donors (Lipinski definition) is 5. The van der Waals surface area contributed by atoms with Crippen LogP contribution in [-0.2, 0) is 12.0 Å². The van der Waals surface area contributed by atoms with Crippen LogP contribution in [0.25, 0.3) is 10.1 Å². The Labute approximate surface area is 299 Å². The van der Waals surface area contributed by atoms with E-state index in [0.29, 0.717) is 15.8 Å². The van der Waals surface area contributed by atoms with Gasteiger partial charge in [0.15, 0.2) is 4.77 Å². The number of urea groups is 1. The van der Waals surface area contributed by atoms with E-state index in [1.54, 1.807) is 24.3 Å². The first-order valence-electron chi connectivity index (χ1n) is 17.7. The van der Waals surface area contributed by atoms with Crippen LogP contribution < -0.4 is 11.3 Å². The molecule has 6 rings (SSSR count). The predicted octanol–water partition coefficient (Wildman–Crippen LogP) is 8.45. The molecule has 6 N–H and O–H groups in total. The van der Waals surface area contributed by atoms with Crippen LogP contribution in [0.2, 0.25) is 0 Å². The number of aromatic nitrogens is 2. The lowest BCUT2D eigenvalue weighted by Crippen LogP contribution is -2.41. The van der Waals surface area contributed by atoms with Gasteiger partial charge in [0.05, 0.1) is 11.6 Å². The summed E-state index contributed by atoms with van der Waals surface area (Å²) in [6.45, 7) is 7.26. The molecule has 1 saturated carbocycles. The lowest BCUT2D eigenvalue weighted by Gasteiger charge is -2.40. The Morgan fingerprint density at radius 2 is 1.67 bits per heavy atom. The van der Waals surface area contributed by atoms with Crippen molar-refractivity contribution < 1.29 is 15.1 Å². The number of nitrogens with zero attached hydrogens (tertiary/aromatic N) is 2. The number of benzene rings is 2. The molecule has 2 fully saturated rings. The average molecular weight is 708 g/mol. The fourth-order valence-corrected chi connectivity index (χ4v) is 8.18. The number of aliphatic hydroxyl groups is 1. The Kier molecular flexibility index (Phi) is 15.0. The van der Waals surface area contributed by atoms with Crippen LogP contribution in [-0.4, -0.2) is 55.9 Å². The molecule has 2 unspecified atom stereocenters. The van der Waals surface area contributed by atoms with E-state index in [9.17, 15) is 19.9 Å². The number of thiophene rings is 1. The number of carbonyl (C=O) groups excluding carboxylic acids is 1. The quantitative estimate of drug-likeness (QED) is 0.0672. The van der Waals surface area contributed by atoms with Gasteiger partial charge in [-0.3, -0.25) is 15.0 Å². The first-order valence-corrected chi connectivity index (χ1v) is 18.9. The molecule has 2 aromatic heterocycles. The summed E-state index contributed by atoms with van der Waals surface area (Å²) >= 11 is 6.33. The summed E-state index contributed by atoms with van der Waals surface area (Å²) in [5.74, 6) is 0.438. The summed E-state index contributed by atoms with van der Waals surface area (Å²) in [4.78, 5) is 30.5. The van der Waals surface area contributed by atoms with Crippen molar-refractivity contribution >= 4 is 39.7 Å². The molecule has 4 aromatic rings. The molecule has 1 saturated heterocycles. The van der Waals surface area contributed by atoms with E-state index in [1.165, 1.54) is 64.5 Å². The summed E-state index contributed by atoms with van der Waals surface area (Å²) in [5, 5.41) is 22.7. The summed E-state index contributed by atoms with van der Waals surface area (Å²) in [5.41, 5.74) is 6.30. The molecule has 1 aliphatic carbocycles. The van der Waals surface area contributed by atoms with Crippen LogP contribution in [0.4, 0.5) is 4.79 Å². The van der Waals surface area contributed by atoms with Crippen LogP contribution in [0.1, 0.15) is 100 Å². The second kappa shape index (κ2) is 19.2. The number of likely N-dealkylation sites (tertiary alicyclic amines) is 1. The minimum Gasteiger partial charge on any atom is -0.385 e. The van der Waals surface area contributed by atoms with Gasteiger partial charge in [-0.05, 0) is 99.8 Å². The highest BCUT2D eigenvalue weighted by atomic mass is 32.1. The zero-order valence-electron chi connectivity index (χ0n) is 28.9. The molecule has 2 atom stereocenters. The van der Waals surface area contributed by atoms with E-state index in [4.69, 9.17) is 18.0 Å². The highest BCUT2D eigenvalue weighted by Gasteiger charge is 2.38. The molecular weight excluding hydrogens is 655 g/mol. The number of primary amides is 1. The van der Waals surface area contributed by atoms with E-state index >= 15 is 0 Å². The predicted molar refractivity (Wildman–Crippen MR) is 202 cm³/mol. The number of hydroxylamine groups is 2. The van der Waals surface area contributed by atoms with Crippen molar-refractivity contribution in [3.8, 4) is 0 Å². The Hall–Kier alpha value is -3.35. The maximum Gasteiger partial charge on any atom is 0.339 e. The van der Waals surface area contributed by atoms with Crippen LogP contribution in [0.3, 0.4) is 0 Å². The maximum atomic E-state index is 11.6. The SMILES string of the molecule is CC(c1cc2ccccc2s1)N(O)C(N)=O.CCCc1cc(=O)[nH]c(=S)[nH]1.OC(CCN1CCCCC1)(c1ccccc1)C1CCCCC1. The summed E-state index contributed by atoms with van der Waals surface area (Å²) in [6, 6.07) is 20.6. The summed E-state index contributed by atoms with van der Waals surface area (Å²) in [6.07, 6.45) is 13.1. The number of nitrogens with one attached hydrogen (secondary N) is 2. The van der Waals surface area contributed by atoms with Gasteiger partial charge in [0.2, 0.25) is 0 Å². The van der Waals surface area contributed by atoms with Crippen molar-refractivity contribution in [2.24, 2.45) is 11.7 Å². The zero-order valence-corrected chi connectivity index (χ0v) is 30.5. The number of carbonyl (C=O) groups is 1. The van der Waals surface area contributed by atoms with Crippen LogP contribution in [0.15, 0.2) is 71.5 Å². The fraction of sp³-hybridized carbons (Fsp3) is 0.500. The lowest BCUT2D eigenvalue weighted by molar-refractivity contribution is -0.0700. The Balaban J connectivity index is 0.000000176. The number of rotatable bonds is 9. The molecule has 9 nitrogen and oxygen atoms in total. The number of amides is 2. The van der Waals surface area contributed by atoms with E-state index in [0.717, 1.165) is 52.0 Å². The molecular formula is C38H53N5O4S2. The zero-order chi connectivity index (χ0) is 35.2. The molecule has 266 valence electrons. The van der Waals surface area contributed by atoms with Gasteiger partial charge in [0, 0.05) is 27.9 Å². The van der Waals surface area contributed by atoms with Crippen molar-refractivity contribution in [3.05, 3.63) is 98.0 Å². The summed E-state index contributed by atoms with van der Waals surface area (Å²) in [7, 11) is 0. The smallest absolute Gasteiger partial charge is 0.339 e. The minimum absolute atomic E-state index is 0.128. The number of fused-ring (bicyclic) bond motifs is 1. The molecule has 0 bridgehead atoms. The number of piperidine rings is 1. The van der Waals surface area contributed by atoms with Gasteiger partial charge in [0.25, 0.3) is 5.56 Å². The van der Waals surface area contributed by atoms with E-state index in [2.05, 4.69) is 52.1 Å². The normalized spacial score (nSPS) is 17.1. The van der Waals surface area contributed by atoms with Gasteiger partial charge < -0.3 is 20.7 Å². The Bertz CT molecular complexity index is 1630. The molecule has 0 radical (unpaired) electrons. The number of H-pyrrole nitrogens is 2. The van der Waals surface area contributed by atoms with Gasteiger partial charge in [-0.1, -0.05) is 87.6 Å². The fourth-order valence-electron chi connectivity index (χ4n) is 6.85. The number of nitrogens with two attached hydrogens (primary N) is 1. The lowest BCUT2D eigenvalue weighted by atomic mass is 9.71. The highest BCUT2D eigenvalue weighted by Crippen LogP contribution is 2.42. The third-order valence-corrected chi connectivity index (χ3v) is 11.1. The second-order valence-corrected chi connectivity index (χ2v) is 14.7. The van der Waals surface area contributed by atoms with Gasteiger partial charge >= 0.3 is 6.03 Å². The van der Waals surface area contributed by atoms with Crippen LogP contribution >= 0.6 is 23.6 Å². The standard InChI is InChI=1S/C20H31NO.C11H12N2O2S.C7H10N2OS/c22-20(18-10-4-1-5-11-18,19-12-6-2-7-13-19)14-17-21-15-8-3-9-16-21;1-7(13(15)11(12)14)10-6-8-4-2-3-5-9(8)16-10;1-2-3-5-4-6(10)9-7(11)8-5/h1,4-5,10-11,19,22H,2-3,6-9,12-17H2;2-7,15H,1H3,(H2,12,14);4H,2-3H2,1H3,(H2,8,9,10,11). The summed E-state index contributed by atoms with van der Waals surface area (Å²) < 4.78 is 1.53. The van der Waals surface area contributed by atoms with Crippen LogP contribution in [0, 0.1) is 10.7 Å². The molecule has 2 amide bonds.